The highest BCUT2D eigenvalue weighted by Crippen LogP contribution is 2.64. The van der Waals surface area contributed by atoms with Crippen LogP contribution in [0.5, 0.6) is 0 Å². The summed E-state index contributed by atoms with van der Waals surface area (Å²) >= 11 is 0. The van der Waals surface area contributed by atoms with E-state index in [-0.39, 0.29) is 0 Å². The Labute approximate surface area is 442 Å². The van der Waals surface area contributed by atoms with Crippen LogP contribution in [0.25, 0.3) is 72.0 Å². The zero-order valence-electron chi connectivity index (χ0n) is 41.6. The summed E-state index contributed by atoms with van der Waals surface area (Å²) in [5.41, 5.74) is 26.3. The van der Waals surface area contributed by atoms with E-state index < -0.39 is 10.8 Å². The minimum absolute atomic E-state index is 0.478. The van der Waals surface area contributed by atoms with Crippen molar-refractivity contribution in [3.63, 3.8) is 0 Å². The van der Waals surface area contributed by atoms with Gasteiger partial charge in [-0.15, -0.1) is 0 Å². The lowest BCUT2D eigenvalue weighted by molar-refractivity contribution is 0.768. The smallest absolute Gasteiger partial charge is 0.0726 e. The standard InChI is InChI=1S/C74H48N2/c1-3-21-51(22-4-1)73(52-23-5-2-6-24-52)65-32-13-10-29-60(65)64-47-55(43-45-69(64)73)75(53-40-38-49(39-41-53)50-20-19-25-54(46-50)76-71-36-17-11-30-62(71)63-31-12-18-37-72(63)76)56-42-44-61-59-28-9-16-35-68(59)74(70(61)48-56)66-33-14-7-26-57(66)58-27-8-15-34-67(58)74/h1-48H. The van der Waals surface area contributed by atoms with E-state index in [9.17, 15) is 0 Å². The molecule has 0 atom stereocenters. The van der Waals surface area contributed by atoms with E-state index in [0.29, 0.717) is 0 Å². The van der Waals surface area contributed by atoms with Gasteiger partial charge in [-0.25, -0.2) is 0 Å². The average Bonchev–Trinajstić information content (AvgIpc) is 4.22. The van der Waals surface area contributed by atoms with Crippen molar-refractivity contribution in [2.24, 2.45) is 0 Å². The quantitative estimate of drug-likeness (QED) is 0.155. The van der Waals surface area contributed by atoms with Crippen molar-refractivity contribution in [2.45, 2.75) is 10.8 Å². The van der Waals surface area contributed by atoms with Gasteiger partial charge < -0.3 is 9.47 Å². The Hall–Kier alpha value is -9.76. The van der Waals surface area contributed by atoms with Crippen LogP contribution < -0.4 is 4.90 Å². The second kappa shape index (κ2) is 16.4. The maximum absolute atomic E-state index is 2.51. The van der Waals surface area contributed by atoms with E-state index in [2.05, 4.69) is 301 Å². The van der Waals surface area contributed by atoms with Gasteiger partial charge in [-0.3, -0.25) is 0 Å². The molecule has 2 nitrogen and oxygen atoms in total. The van der Waals surface area contributed by atoms with E-state index in [1.807, 2.05) is 0 Å². The maximum atomic E-state index is 2.51. The van der Waals surface area contributed by atoms with Crippen LogP contribution in [0, 0.1) is 0 Å². The minimum atomic E-state index is -0.498. The van der Waals surface area contributed by atoms with Gasteiger partial charge in [-0.1, -0.05) is 231 Å². The van der Waals surface area contributed by atoms with Crippen LogP contribution >= 0.6 is 0 Å². The Morgan fingerprint density at radius 1 is 0.250 bits per heavy atom. The summed E-state index contributed by atoms with van der Waals surface area (Å²) in [5, 5.41) is 2.52. The highest BCUT2D eigenvalue weighted by Gasteiger charge is 2.52. The summed E-state index contributed by atoms with van der Waals surface area (Å²) in [6.45, 7) is 0. The molecule has 12 aromatic carbocycles. The molecular formula is C74H48N2. The Balaban J connectivity index is 0.902. The van der Waals surface area contributed by atoms with Crippen molar-refractivity contribution in [1.29, 1.82) is 0 Å². The summed E-state index contributed by atoms with van der Waals surface area (Å²) in [6.07, 6.45) is 0. The number of anilines is 3. The average molecular weight is 965 g/mol. The van der Waals surface area contributed by atoms with Gasteiger partial charge in [0.05, 0.1) is 21.9 Å². The summed E-state index contributed by atoms with van der Waals surface area (Å²) in [6, 6.07) is 109. The molecule has 1 spiro atoms. The Morgan fingerprint density at radius 2 is 0.684 bits per heavy atom. The molecule has 0 aliphatic heterocycles. The van der Waals surface area contributed by atoms with Crippen molar-refractivity contribution in [1.82, 2.24) is 4.57 Å². The van der Waals surface area contributed by atoms with Crippen LogP contribution in [0.4, 0.5) is 17.1 Å². The Morgan fingerprint density at radius 3 is 1.26 bits per heavy atom. The maximum Gasteiger partial charge on any atom is 0.0726 e. The molecule has 3 aliphatic carbocycles. The van der Waals surface area contributed by atoms with Crippen molar-refractivity contribution < 1.29 is 0 Å². The molecule has 0 saturated heterocycles. The first-order chi connectivity index (χ1) is 37.7. The van der Waals surface area contributed by atoms with Gasteiger partial charge in [0.15, 0.2) is 0 Å². The number of aromatic nitrogens is 1. The first kappa shape index (κ1) is 42.7. The molecule has 1 aromatic heterocycles. The predicted molar refractivity (Wildman–Crippen MR) is 315 cm³/mol. The van der Waals surface area contributed by atoms with E-state index >= 15 is 0 Å². The number of hydrogen-bond donors (Lipinski definition) is 0. The fourth-order valence-electron chi connectivity index (χ4n) is 14.1. The fourth-order valence-corrected chi connectivity index (χ4v) is 14.1. The number of fused-ring (bicyclic) bond motifs is 16. The lowest BCUT2D eigenvalue weighted by atomic mass is 9.68. The van der Waals surface area contributed by atoms with E-state index in [0.717, 1.165) is 28.3 Å². The van der Waals surface area contributed by atoms with E-state index in [4.69, 9.17) is 0 Å². The van der Waals surface area contributed by atoms with Crippen molar-refractivity contribution >= 4 is 38.9 Å². The van der Waals surface area contributed by atoms with Crippen LogP contribution in [-0.2, 0) is 10.8 Å². The third-order valence-electron chi connectivity index (χ3n) is 17.1. The SMILES string of the molecule is c1ccc(C2(c3ccccc3)c3ccccc3-c3cc(N(c4ccc(-c5cccc(-n6c7ccccc7c7ccccc76)c5)cc4)c4ccc5c(c4)C4(c6ccccc6-c6ccccc64)c4ccccc4-5)ccc32)cc1. The number of rotatable bonds is 7. The lowest BCUT2D eigenvalue weighted by Gasteiger charge is -2.34. The molecule has 0 bridgehead atoms. The third kappa shape index (κ3) is 5.81. The van der Waals surface area contributed by atoms with Gasteiger partial charge in [-0.2, -0.15) is 0 Å². The molecular weight excluding hydrogens is 917 g/mol. The first-order valence-electron chi connectivity index (χ1n) is 26.5. The second-order valence-corrected chi connectivity index (χ2v) is 20.7. The van der Waals surface area contributed by atoms with Gasteiger partial charge in [0.25, 0.3) is 0 Å². The van der Waals surface area contributed by atoms with Gasteiger partial charge in [0.1, 0.15) is 0 Å². The molecule has 13 aromatic rings. The van der Waals surface area contributed by atoms with E-state index in [1.165, 1.54) is 105 Å². The lowest BCUT2D eigenvalue weighted by Crippen LogP contribution is -2.28. The normalized spacial score (nSPS) is 13.7. The summed E-state index contributed by atoms with van der Waals surface area (Å²) in [4.78, 5) is 2.50. The Kier molecular flexibility index (Phi) is 9.20. The fraction of sp³-hybridized carbons (Fsp3) is 0.0270. The molecule has 354 valence electrons. The topological polar surface area (TPSA) is 8.17 Å². The Bertz CT molecular complexity index is 4310. The van der Waals surface area contributed by atoms with Crippen LogP contribution in [0.3, 0.4) is 0 Å². The molecule has 0 N–H and O–H groups in total. The molecule has 76 heavy (non-hydrogen) atoms. The summed E-state index contributed by atoms with van der Waals surface area (Å²) in [7, 11) is 0. The molecule has 0 saturated carbocycles. The van der Waals surface area contributed by atoms with Gasteiger partial charge in [0.2, 0.25) is 0 Å². The van der Waals surface area contributed by atoms with Crippen LogP contribution in [0.1, 0.15) is 44.5 Å². The van der Waals surface area contributed by atoms with Crippen molar-refractivity contribution in [3.05, 3.63) is 336 Å². The molecule has 16 rings (SSSR count). The van der Waals surface area contributed by atoms with Crippen molar-refractivity contribution in [2.75, 3.05) is 4.90 Å². The van der Waals surface area contributed by atoms with Gasteiger partial charge in [0, 0.05) is 33.5 Å². The highest BCUT2D eigenvalue weighted by molar-refractivity contribution is 6.09. The highest BCUT2D eigenvalue weighted by atomic mass is 15.1. The van der Waals surface area contributed by atoms with Gasteiger partial charge >= 0.3 is 0 Å². The van der Waals surface area contributed by atoms with Crippen LogP contribution in [0.2, 0.25) is 0 Å². The predicted octanol–water partition coefficient (Wildman–Crippen LogP) is 18.6. The molecule has 2 heteroatoms. The summed E-state index contributed by atoms with van der Waals surface area (Å²) in [5.74, 6) is 0. The monoisotopic (exact) mass is 964 g/mol. The third-order valence-corrected chi connectivity index (χ3v) is 17.1. The molecule has 0 amide bonds. The van der Waals surface area contributed by atoms with Crippen LogP contribution in [-0.4, -0.2) is 4.57 Å². The second-order valence-electron chi connectivity index (χ2n) is 20.7. The van der Waals surface area contributed by atoms with Crippen molar-refractivity contribution in [3.8, 4) is 50.2 Å². The zero-order valence-corrected chi connectivity index (χ0v) is 41.6. The van der Waals surface area contributed by atoms with E-state index in [1.54, 1.807) is 0 Å². The molecule has 3 aliphatic rings. The number of hydrogen-bond acceptors (Lipinski definition) is 1. The zero-order chi connectivity index (χ0) is 50.0. The molecule has 0 radical (unpaired) electrons. The first-order valence-corrected chi connectivity index (χ1v) is 26.5. The summed E-state index contributed by atoms with van der Waals surface area (Å²) < 4.78 is 2.40. The minimum Gasteiger partial charge on any atom is -0.310 e. The number of para-hydroxylation sites is 2. The largest absolute Gasteiger partial charge is 0.310 e. The van der Waals surface area contributed by atoms with Crippen LogP contribution in [0.15, 0.2) is 291 Å². The number of nitrogens with zero attached hydrogens (tertiary/aromatic N) is 2. The molecule has 0 fully saturated rings. The number of benzene rings is 12. The van der Waals surface area contributed by atoms with Gasteiger partial charge in [-0.05, 0) is 150 Å². The molecule has 1 heterocycles. The molecule has 0 unspecified atom stereocenters.